The number of carbonyl (C=O) groups is 2. The van der Waals surface area contributed by atoms with Crippen molar-refractivity contribution in [1.82, 2.24) is 9.47 Å². The van der Waals surface area contributed by atoms with Gasteiger partial charge in [0.15, 0.2) is 5.78 Å². The SMILES string of the molecule is C/C=C1/CN2[C@H]3C[C@@H]1C(C(=O)OC)[C@@H]2C(=O)c1c3n(C)c2ccccc12. The van der Waals surface area contributed by atoms with E-state index in [1.807, 2.05) is 32.2 Å². The van der Waals surface area contributed by atoms with Crippen LogP contribution in [-0.4, -0.2) is 40.9 Å². The largest absolute Gasteiger partial charge is 0.469 e. The smallest absolute Gasteiger partial charge is 0.311 e. The van der Waals surface area contributed by atoms with Crippen molar-refractivity contribution >= 4 is 22.7 Å². The molecular formula is C21H22N2O3. The van der Waals surface area contributed by atoms with E-state index in [4.69, 9.17) is 4.74 Å². The van der Waals surface area contributed by atoms with Gasteiger partial charge in [-0.05, 0) is 25.3 Å². The van der Waals surface area contributed by atoms with Crippen LogP contribution in [0.15, 0.2) is 35.9 Å². The molecule has 0 spiro atoms. The number of ether oxygens (including phenoxy) is 1. The zero-order chi connectivity index (χ0) is 18.2. The van der Waals surface area contributed by atoms with E-state index in [9.17, 15) is 9.59 Å². The quantitative estimate of drug-likeness (QED) is 0.586. The Labute approximate surface area is 152 Å². The molecule has 3 fully saturated rings. The minimum absolute atomic E-state index is 0.0725. The fourth-order valence-corrected chi connectivity index (χ4v) is 5.59. The van der Waals surface area contributed by atoms with Crippen molar-refractivity contribution in [2.75, 3.05) is 13.7 Å². The van der Waals surface area contributed by atoms with Gasteiger partial charge in [0, 0.05) is 35.8 Å². The predicted octanol–water partition coefficient (Wildman–Crippen LogP) is 2.86. The summed E-state index contributed by atoms with van der Waals surface area (Å²) in [6.45, 7) is 2.78. The van der Waals surface area contributed by atoms with Crippen LogP contribution in [0.1, 0.15) is 35.4 Å². The second-order valence-electron chi connectivity index (χ2n) is 7.59. The second-order valence-corrected chi connectivity index (χ2v) is 7.59. The summed E-state index contributed by atoms with van der Waals surface area (Å²) in [5, 5.41) is 0.999. The van der Waals surface area contributed by atoms with Gasteiger partial charge in [-0.25, -0.2) is 0 Å². The molecule has 6 rings (SSSR count). The summed E-state index contributed by atoms with van der Waals surface area (Å²) < 4.78 is 7.28. The van der Waals surface area contributed by atoms with Crippen molar-refractivity contribution in [3.63, 3.8) is 0 Å². The summed E-state index contributed by atoms with van der Waals surface area (Å²) in [4.78, 5) is 28.4. The van der Waals surface area contributed by atoms with Crippen LogP contribution in [0.4, 0.5) is 0 Å². The van der Waals surface area contributed by atoms with Crippen molar-refractivity contribution in [1.29, 1.82) is 0 Å². The summed E-state index contributed by atoms with van der Waals surface area (Å²) in [6, 6.07) is 7.83. The Bertz CT molecular complexity index is 987. The topological polar surface area (TPSA) is 51.5 Å². The molecule has 26 heavy (non-hydrogen) atoms. The van der Waals surface area contributed by atoms with Crippen LogP contribution in [0.3, 0.4) is 0 Å². The number of ketones is 1. The molecule has 0 radical (unpaired) electrons. The van der Waals surface area contributed by atoms with Crippen molar-refractivity contribution in [3.8, 4) is 0 Å². The second kappa shape index (κ2) is 5.30. The number of carbonyl (C=O) groups excluding carboxylic acids is 2. The minimum atomic E-state index is -0.409. The first-order valence-corrected chi connectivity index (χ1v) is 9.18. The van der Waals surface area contributed by atoms with Crippen LogP contribution < -0.4 is 0 Å². The standard InChI is InChI=1S/C21H22N2O3/c1-4-11-10-23-15-9-13(11)17(21(25)26-3)19(23)20(24)16-12-7-5-6-8-14(12)22(2)18(15)16/h4-8,13,15,17,19H,9-10H2,1-3H3/b11-4-/t13-,15-,17?,19+/m0/s1. The van der Waals surface area contributed by atoms with Crippen LogP contribution in [0.2, 0.25) is 0 Å². The zero-order valence-corrected chi connectivity index (χ0v) is 15.2. The molecular weight excluding hydrogens is 328 g/mol. The molecule has 0 amide bonds. The Morgan fingerprint density at radius 3 is 2.81 bits per heavy atom. The fraction of sp³-hybridized carbons (Fsp3) is 0.429. The molecule has 1 aromatic heterocycles. The molecule has 134 valence electrons. The van der Waals surface area contributed by atoms with E-state index < -0.39 is 12.0 Å². The number of hydrogen-bond acceptors (Lipinski definition) is 4. The highest BCUT2D eigenvalue weighted by Crippen LogP contribution is 2.54. The number of fused-ring (bicyclic) bond motifs is 4. The molecule has 4 aliphatic rings. The molecule has 5 atom stereocenters. The monoisotopic (exact) mass is 350 g/mol. The first kappa shape index (κ1) is 15.8. The maximum Gasteiger partial charge on any atom is 0.311 e. The molecule has 5 heterocycles. The maximum absolute atomic E-state index is 13.6. The van der Waals surface area contributed by atoms with Gasteiger partial charge in [0.05, 0.1) is 25.1 Å². The molecule has 5 heteroatoms. The minimum Gasteiger partial charge on any atom is -0.469 e. The number of aromatic nitrogens is 1. The van der Waals surface area contributed by atoms with E-state index in [-0.39, 0.29) is 23.7 Å². The number of Topliss-reactive ketones (excluding diaryl/α,β-unsaturated/α-hetero) is 1. The predicted molar refractivity (Wildman–Crippen MR) is 97.9 cm³/mol. The molecule has 4 bridgehead atoms. The van der Waals surface area contributed by atoms with E-state index in [1.54, 1.807) is 0 Å². The summed E-state index contributed by atoms with van der Waals surface area (Å²) in [6.07, 6.45) is 2.97. The van der Waals surface area contributed by atoms with Crippen molar-refractivity contribution < 1.29 is 14.3 Å². The van der Waals surface area contributed by atoms with Crippen LogP contribution in [-0.2, 0) is 16.6 Å². The van der Waals surface area contributed by atoms with Gasteiger partial charge in [-0.1, -0.05) is 29.8 Å². The number of methoxy groups -OCH3 is 1. The number of rotatable bonds is 1. The Hall–Kier alpha value is -2.40. The Morgan fingerprint density at radius 2 is 2.08 bits per heavy atom. The van der Waals surface area contributed by atoms with Crippen molar-refractivity contribution in [2.45, 2.75) is 25.4 Å². The lowest BCUT2D eigenvalue weighted by molar-refractivity contribution is -0.155. The Balaban J connectivity index is 1.77. The van der Waals surface area contributed by atoms with E-state index in [2.05, 4.69) is 21.6 Å². The Kier molecular flexibility index (Phi) is 3.23. The lowest BCUT2D eigenvalue weighted by Gasteiger charge is -2.56. The van der Waals surface area contributed by atoms with Gasteiger partial charge >= 0.3 is 5.97 Å². The highest BCUT2D eigenvalue weighted by atomic mass is 16.5. The normalized spacial score (nSPS) is 33.6. The zero-order valence-electron chi connectivity index (χ0n) is 15.2. The van der Waals surface area contributed by atoms with E-state index in [0.29, 0.717) is 0 Å². The number of nitrogens with zero attached hydrogens (tertiary/aromatic N) is 2. The van der Waals surface area contributed by atoms with Crippen molar-refractivity contribution in [3.05, 3.63) is 47.2 Å². The fourth-order valence-electron chi connectivity index (χ4n) is 5.59. The van der Waals surface area contributed by atoms with Gasteiger partial charge in [0.2, 0.25) is 0 Å². The molecule has 0 aliphatic carbocycles. The maximum atomic E-state index is 13.6. The number of aryl methyl sites for hydroxylation is 1. The van der Waals surface area contributed by atoms with E-state index in [1.165, 1.54) is 12.7 Å². The average molecular weight is 350 g/mol. The lowest BCUT2D eigenvalue weighted by Crippen LogP contribution is -2.64. The number of esters is 1. The van der Waals surface area contributed by atoms with Gasteiger partial charge in [-0.15, -0.1) is 0 Å². The summed E-state index contributed by atoms with van der Waals surface area (Å²) in [7, 11) is 3.47. The van der Waals surface area contributed by atoms with Crippen LogP contribution in [0, 0.1) is 11.8 Å². The van der Waals surface area contributed by atoms with Gasteiger partial charge < -0.3 is 9.30 Å². The van der Waals surface area contributed by atoms with Gasteiger partial charge in [0.1, 0.15) is 0 Å². The van der Waals surface area contributed by atoms with Crippen molar-refractivity contribution in [2.24, 2.45) is 18.9 Å². The third kappa shape index (κ3) is 1.74. The molecule has 2 aromatic rings. The molecule has 5 nitrogen and oxygen atoms in total. The van der Waals surface area contributed by atoms with Crippen LogP contribution >= 0.6 is 0 Å². The average Bonchev–Trinajstić information content (AvgIpc) is 2.98. The third-order valence-corrected chi connectivity index (χ3v) is 6.68. The molecule has 1 aromatic carbocycles. The molecule has 0 saturated carbocycles. The van der Waals surface area contributed by atoms with E-state index >= 15 is 0 Å². The summed E-state index contributed by atoms with van der Waals surface area (Å²) >= 11 is 0. The van der Waals surface area contributed by atoms with E-state index in [0.717, 1.165) is 35.1 Å². The number of piperidine rings is 3. The lowest BCUT2D eigenvalue weighted by atomic mass is 9.63. The van der Waals surface area contributed by atoms with Gasteiger partial charge in [-0.3, -0.25) is 14.5 Å². The van der Waals surface area contributed by atoms with Gasteiger partial charge in [0.25, 0.3) is 0 Å². The molecule has 2 unspecified atom stereocenters. The molecule has 4 aliphatic heterocycles. The molecule has 0 N–H and O–H groups in total. The first-order chi connectivity index (χ1) is 12.6. The summed E-state index contributed by atoms with van der Waals surface area (Å²) in [5.41, 5.74) is 4.25. The first-order valence-electron chi connectivity index (χ1n) is 9.18. The van der Waals surface area contributed by atoms with Crippen LogP contribution in [0.25, 0.3) is 10.9 Å². The molecule has 3 saturated heterocycles. The number of hydrogen-bond donors (Lipinski definition) is 0. The highest BCUT2D eigenvalue weighted by molar-refractivity contribution is 6.14. The number of allylic oxidation sites excluding steroid dienone is 1. The summed E-state index contributed by atoms with van der Waals surface area (Å²) in [5.74, 6) is -0.513. The number of para-hydroxylation sites is 1. The Morgan fingerprint density at radius 1 is 1.31 bits per heavy atom. The number of benzene rings is 1. The van der Waals surface area contributed by atoms with Crippen LogP contribution in [0.5, 0.6) is 0 Å². The van der Waals surface area contributed by atoms with Gasteiger partial charge in [-0.2, -0.15) is 0 Å². The highest BCUT2D eigenvalue weighted by Gasteiger charge is 2.59. The third-order valence-electron chi connectivity index (χ3n) is 6.68.